The Hall–Kier alpha value is -2.51. The number of H-pyrrole nitrogens is 1. The molecule has 28 heavy (non-hydrogen) atoms. The monoisotopic (exact) mass is 390 g/mol. The fraction of sp³-hybridized carbons (Fsp3) is 0.550. The number of aromatic nitrogens is 2. The highest BCUT2D eigenvalue weighted by Gasteiger charge is 2.43. The lowest BCUT2D eigenvalue weighted by Crippen LogP contribution is -2.54. The molecule has 2 aromatic heterocycles. The predicted molar refractivity (Wildman–Crippen MR) is 100 cm³/mol. The molecule has 1 unspecified atom stereocenters. The van der Waals surface area contributed by atoms with Crippen molar-refractivity contribution in [3.63, 3.8) is 0 Å². The van der Waals surface area contributed by atoms with Crippen molar-refractivity contribution in [2.24, 2.45) is 5.92 Å². The molecular weight excluding hydrogens is 366 g/mol. The third-order valence-corrected chi connectivity index (χ3v) is 5.83. The second-order valence-electron chi connectivity index (χ2n) is 8.27. The molecule has 0 saturated heterocycles. The fourth-order valence-corrected chi connectivity index (χ4v) is 4.41. The molecule has 0 radical (unpaired) electrons. The van der Waals surface area contributed by atoms with E-state index in [2.05, 4.69) is 15.3 Å². The van der Waals surface area contributed by atoms with Crippen molar-refractivity contribution in [1.82, 2.24) is 20.2 Å². The minimum absolute atomic E-state index is 0.163. The molecule has 1 aliphatic carbocycles. The van der Waals surface area contributed by atoms with Crippen LogP contribution in [0.1, 0.15) is 54.6 Å². The van der Waals surface area contributed by atoms with Gasteiger partial charge >= 0.3 is 0 Å². The van der Waals surface area contributed by atoms with E-state index in [-0.39, 0.29) is 37.0 Å². The minimum atomic E-state index is -2.73. The summed E-state index contributed by atoms with van der Waals surface area (Å²) in [4.78, 5) is 35.1. The van der Waals surface area contributed by atoms with Crippen molar-refractivity contribution in [2.45, 2.75) is 64.6 Å². The highest BCUT2D eigenvalue weighted by atomic mass is 19.3. The number of rotatable bonds is 4. The van der Waals surface area contributed by atoms with Crippen LogP contribution in [0.4, 0.5) is 8.78 Å². The molecule has 2 amide bonds. The van der Waals surface area contributed by atoms with Crippen molar-refractivity contribution in [3.8, 4) is 0 Å². The second-order valence-corrected chi connectivity index (χ2v) is 8.27. The Balaban J connectivity index is 1.63. The van der Waals surface area contributed by atoms with Gasteiger partial charge in [-0.2, -0.15) is 0 Å². The Morgan fingerprint density at radius 1 is 1.43 bits per heavy atom. The van der Waals surface area contributed by atoms with Crippen LogP contribution in [0.3, 0.4) is 0 Å². The largest absolute Gasteiger partial charge is 0.351 e. The summed E-state index contributed by atoms with van der Waals surface area (Å²) < 4.78 is 27.0. The molecule has 1 saturated carbocycles. The number of alkyl halides is 2. The molecule has 2 aromatic rings. The van der Waals surface area contributed by atoms with E-state index < -0.39 is 18.0 Å². The van der Waals surface area contributed by atoms with Gasteiger partial charge in [-0.25, -0.2) is 13.8 Å². The van der Waals surface area contributed by atoms with Crippen molar-refractivity contribution >= 4 is 22.8 Å². The molecule has 1 aliphatic heterocycles. The third-order valence-electron chi connectivity index (χ3n) is 5.83. The van der Waals surface area contributed by atoms with Gasteiger partial charge in [0.05, 0.1) is 5.56 Å². The van der Waals surface area contributed by atoms with E-state index in [4.69, 9.17) is 0 Å². The number of hydrogen-bond donors (Lipinski definition) is 2. The average molecular weight is 390 g/mol. The fourth-order valence-electron chi connectivity index (χ4n) is 4.41. The Labute approximate surface area is 161 Å². The first-order chi connectivity index (χ1) is 13.2. The highest BCUT2D eigenvalue weighted by molar-refractivity contribution is 6.10. The van der Waals surface area contributed by atoms with E-state index in [9.17, 15) is 18.4 Å². The zero-order chi connectivity index (χ0) is 20.2. The van der Waals surface area contributed by atoms with E-state index in [1.807, 2.05) is 20.8 Å². The first kappa shape index (κ1) is 18.8. The van der Waals surface area contributed by atoms with Crippen LogP contribution in [0, 0.1) is 12.8 Å². The number of aromatic amines is 1. The van der Waals surface area contributed by atoms with Gasteiger partial charge in [-0.05, 0) is 30.4 Å². The minimum Gasteiger partial charge on any atom is -0.351 e. The van der Waals surface area contributed by atoms with Gasteiger partial charge in [-0.3, -0.25) is 9.59 Å². The van der Waals surface area contributed by atoms with Crippen LogP contribution in [0.25, 0.3) is 11.0 Å². The Morgan fingerprint density at radius 3 is 2.82 bits per heavy atom. The smallest absolute Gasteiger partial charge is 0.257 e. The number of nitrogens with zero attached hydrogens (tertiary/aromatic N) is 2. The van der Waals surface area contributed by atoms with Gasteiger partial charge in [0.1, 0.15) is 11.7 Å². The summed E-state index contributed by atoms with van der Waals surface area (Å²) in [6.07, 6.45) is 3.07. The molecule has 2 atom stereocenters. The van der Waals surface area contributed by atoms with Gasteiger partial charge in [-0.1, -0.05) is 13.8 Å². The van der Waals surface area contributed by atoms with Gasteiger partial charge in [0.2, 0.25) is 11.8 Å². The molecular formula is C20H24F2N4O2. The molecule has 6 nitrogen and oxygen atoms in total. The van der Waals surface area contributed by atoms with Gasteiger partial charge in [0.15, 0.2) is 0 Å². The maximum Gasteiger partial charge on any atom is 0.257 e. The molecule has 150 valence electrons. The van der Waals surface area contributed by atoms with Crippen LogP contribution in [-0.2, 0) is 11.3 Å². The zero-order valence-corrected chi connectivity index (χ0v) is 16.2. The molecule has 8 heteroatoms. The van der Waals surface area contributed by atoms with E-state index in [1.165, 1.54) is 0 Å². The third kappa shape index (κ3) is 3.04. The Morgan fingerprint density at radius 2 is 2.18 bits per heavy atom. The Kier molecular flexibility index (Phi) is 4.39. The second kappa shape index (κ2) is 6.53. The van der Waals surface area contributed by atoms with Gasteiger partial charge in [0.25, 0.3) is 5.91 Å². The standard InChI is InChI=1S/C20H24F2N4O2/c1-10(2)16(18(27)25-12-4-5-20(21,22)6-12)26-9-14-11(3)7-23-17-15(14)13(8-24-17)19(26)28/h7-8,10,12,16H,4-6,9H2,1-3H3,(H,23,24)(H,25,27)/t12?,16-/m1/s1. The van der Waals surface area contributed by atoms with Crippen LogP contribution in [-0.4, -0.2) is 44.7 Å². The number of pyridine rings is 1. The number of carbonyl (C=O) groups excluding carboxylic acids is 2. The average Bonchev–Trinajstić information content (AvgIpc) is 3.18. The quantitative estimate of drug-likeness (QED) is 0.842. The number of amides is 2. The number of nitrogens with one attached hydrogen (secondary N) is 2. The first-order valence-corrected chi connectivity index (χ1v) is 9.62. The lowest BCUT2D eigenvalue weighted by Gasteiger charge is -2.36. The highest BCUT2D eigenvalue weighted by Crippen LogP contribution is 2.36. The SMILES string of the molecule is Cc1cnc2[nH]cc3c2c1CN([C@@H](C(=O)NC1CCC(F)(F)C1)C(C)C)C3=O. The molecule has 0 bridgehead atoms. The molecule has 0 aromatic carbocycles. The summed E-state index contributed by atoms with van der Waals surface area (Å²) in [5.74, 6) is -3.50. The normalized spacial score (nSPS) is 22.1. The number of halogens is 2. The first-order valence-electron chi connectivity index (χ1n) is 9.62. The topological polar surface area (TPSA) is 78.1 Å². The summed E-state index contributed by atoms with van der Waals surface area (Å²) >= 11 is 0. The lowest BCUT2D eigenvalue weighted by molar-refractivity contribution is -0.128. The summed E-state index contributed by atoms with van der Waals surface area (Å²) in [7, 11) is 0. The maximum absolute atomic E-state index is 13.5. The molecule has 4 rings (SSSR count). The summed E-state index contributed by atoms with van der Waals surface area (Å²) in [6.45, 7) is 5.95. The molecule has 2 N–H and O–H groups in total. The molecule has 3 heterocycles. The van der Waals surface area contributed by atoms with Gasteiger partial charge in [0, 0.05) is 43.2 Å². The summed E-state index contributed by atoms with van der Waals surface area (Å²) in [5, 5.41) is 3.56. The number of carbonyl (C=O) groups is 2. The number of hydrogen-bond acceptors (Lipinski definition) is 3. The van der Waals surface area contributed by atoms with Crippen LogP contribution < -0.4 is 5.32 Å². The maximum atomic E-state index is 13.5. The van der Waals surface area contributed by atoms with E-state index in [0.29, 0.717) is 17.8 Å². The van der Waals surface area contributed by atoms with Gasteiger partial charge in [-0.15, -0.1) is 0 Å². The van der Waals surface area contributed by atoms with Crippen molar-refractivity contribution < 1.29 is 18.4 Å². The van der Waals surface area contributed by atoms with Crippen LogP contribution in [0.5, 0.6) is 0 Å². The van der Waals surface area contributed by atoms with Crippen LogP contribution >= 0.6 is 0 Å². The van der Waals surface area contributed by atoms with Crippen molar-refractivity contribution in [2.75, 3.05) is 0 Å². The van der Waals surface area contributed by atoms with Crippen LogP contribution in [0.15, 0.2) is 12.4 Å². The van der Waals surface area contributed by atoms with Crippen molar-refractivity contribution in [1.29, 1.82) is 0 Å². The Bertz CT molecular complexity index is 953. The van der Waals surface area contributed by atoms with E-state index in [0.717, 1.165) is 16.5 Å². The zero-order valence-electron chi connectivity index (χ0n) is 16.2. The van der Waals surface area contributed by atoms with Crippen molar-refractivity contribution in [3.05, 3.63) is 29.1 Å². The number of aryl methyl sites for hydroxylation is 1. The lowest BCUT2D eigenvalue weighted by atomic mass is 9.94. The van der Waals surface area contributed by atoms with Crippen LogP contribution in [0.2, 0.25) is 0 Å². The summed E-state index contributed by atoms with van der Waals surface area (Å²) in [6, 6.07) is -1.28. The molecule has 0 spiro atoms. The van der Waals surface area contributed by atoms with Gasteiger partial charge < -0.3 is 15.2 Å². The molecule has 2 aliphatic rings. The molecule has 1 fully saturated rings. The summed E-state index contributed by atoms with van der Waals surface area (Å²) in [5.41, 5.74) is 3.07. The predicted octanol–water partition coefficient (Wildman–Crippen LogP) is 3.16. The van der Waals surface area contributed by atoms with E-state index in [1.54, 1.807) is 17.3 Å². The van der Waals surface area contributed by atoms with E-state index >= 15 is 0 Å².